The minimum Gasteiger partial charge on any atom is -0.462 e. The van der Waals surface area contributed by atoms with E-state index in [1.54, 1.807) is 0 Å². The van der Waals surface area contributed by atoms with Crippen molar-refractivity contribution in [2.24, 2.45) is 0 Å². The largest absolute Gasteiger partial charge is 0.462 e. The second-order valence-electron chi connectivity index (χ2n) is 19.2. The molecule has 71 heavy (non-hydrogen) atoms. The fraction of sp³-hybridized carbons (Fsp3) is 0.677. The van der Waals surface area contributed by atoms with Crippen molar-refractivity contribution < 1.29 is 28.6 Å². The van der Waals surface area contributed by atoms with Crippen LogP contribution in [0.25, 0.3) is 0 Å². The molecular formula is C65H108O6. The van der Waals surface area contributed by atoms with Crippen molar-refractivity contribution in [3.8, 4) is 0 Å². The molecule has 404 valence electrons. The highest BCUT2D eigenvalue weighted by atomic mass is 16.6. The summed E-state index contributed by atoms with van der Waals surface area (Å²) in [5, 5.41) is 0. The van der Waals surface area contributed by atoms with E-state index in [9.17, 15) is 14.4 Å². The Morgan fingerprint density at radius 2 is 0.563 bits per heavy atom. The average Bonchev–Trinajstić information content (AvgIpc) is 3.37. The summed E-state index contributed by atoms with van der Waals surface area (Å²) >= 11 is 0. The molecule has 0 N–H and O–H groups in total. The number of allylic oxidation sites excluding steroid dienone is 18. The fourth-order valence-corrected chi connectivity index (χ4v) is 7.87. The van der Waals surface area contributed by atoms with Crippen molar-refractivity contribution in [2.45, 2.75) is 271 Å². The van der Waals surface area contributed by atoms with Gasteiger partial charge < -0.3 is 14.2 Å². The lowest BCUT2D eigenvalue weighted by Crippen LogP contribution is -2.30. The van der Waals surface area contributed by atoms with E-state index in [1.807, 2.05) is 0 Å². The van der Waals surface area contributed by atoms with Gasteiger partial charge in [-0.3, -0.25) is 14.4 Å². The molecule has 0 amide bonds. The van der Waals surface area contributed by atoms with Crippen LogP contribution in [0.1, 0.15) is 265 Å². The summed E-state index contributed by atoms with van der Waals surface area (Å²) < 4.78 is 16.8. The van der Waals surface area contributed by atoms with Crippen LogP contribution in [0, 0.1) is 0 Å². The highest BCUT2D eigenvalue weighted by molar-refractivity contribution is 5.71. The summed E-state index contributed by atoms with van der Waals surface area (Å²) in [6.45, 7) is 6.44. The molecule has 0 spiro atoms. The van der Waals surface area contributed by atoms with Crippen LogP contribution in [-0.2, 0) is 28.6 Å². The summed E-state index contributed by atoms with van der Waals surface area (Å²) in [7, 11) is 0. The van der Waals surface area contributed by atoms with Crippen molar-refractivity contribution in [3.63, 3.8) is 0 Å². The minimum atomic E-state index is -0.821. The topological polar surface area (TPSA) is 78.9 Å². The number of unbranched alkanes of at least 4 members (excludes halogenated alkanes) is 23. The Morgan fingerprint density at radius 1 is 0.296 bits per heavy atom. The fourth-order valence-electron chi connectivity index (χ4n) is 7.87. The van der Waals surface area contributed by atoms with Gasteiger partial charge in [-0.05, 0) is 103 Å². The molecule has 6 heteroatoms. The summed E-state index contributed by atoms with van der Waals surface area (Å²) in [5.41, 5.74) is 0. The van der Waals surface area contributed by atoms with Gasteiger partial charge in [0.1, 0.15) is 13.2 Å². The third kappa shape index (κ3) is 56.9. The van der Waals surface area contributed by atoms with Crippen LogP contribution in [0.2, 0.25) is 0 Å². The Balaban J connectivity index is 4.52. The van der Waals surface area contributed by atoms with Crippen LogP contribution in [0.4, 0.5) is 0 Å². The monoisotopic (exact) mass is 985 g/mol. The van der Waals surface area contributed by atoms with Gasteiger partial charge in [0.25, 0.3) is 0 Å². The molecule has 0 aromatic heterocycles. The maximum absolute atomic E-state index is 12.8. The van der Waals surface area contributed by atoms with Crippen LogP contribution in [0.5, 0.6) is 0 Å². The third-order valence-electron chi connectivity index (χ3n) is 12.3. The molecule has 0 aromatic rings. The van der Waals surface area contributed by atoms with Crippen molar-refractivity contribution in [2.75, 3.05) is 13.2 Å². The standard InChI is InChI=1S/C65H108O6/c1-4-7-10-13-16-19-22-25-28-31-32-35-37-40-43-46-49-52-55-58-64(67)70-61-62(71-65(68)59-56-53-50-47-44-41-38-34-30-27-24-21-18-15-12-9-6-3)60-69-63(66)57-54-51-48-45-42-39-36-33-29-26-23-20-17-14-11-8-5-2/h7,10,16,18-19,21,25,27-28,30,32,35,38,40-41,43,47,50,62H,4-6,8-9,11-15,17,20,22-24,26,29,31,33-34,36-37,39,42,44-46,48-49,51-61H2,1-3H3/b10-7-,19-16-,21-18-,28-25-,30-27-,35-32-,41-38-,43-40-,50-47-. The molecule has 0 rings (SSSR count). The first kappa shape index (κ1) is 67.1. The first-order valence-electron chi connectivity index (χ1n) is 29.4. The predicted octanol–water partition coefficient (Wildman–Crippen LogP) is 19.9. The van der Waals surface area contributed by atoms with E-state index < -0.39 is 6.10 Å². The van der Waals surface area contributed by atoms with Crippen molar-refractivity contribution in [3.05, 3.63) is 109 Å². The van der Waals surface area contributed by atoms with Gasteiger partial charge in [-0.15, -0.1) is 0 Å². The van der Waals surface area contributed by atoms with Crippen molar-refractivity contribution in [1.29, 1.82) is 0 Å². The normalized spacial score (nSPS) is 12.9. The van der Waals surface area contributed by atoms with Crippen molar-refractivity contribution in [1.82, 2.24) is 0 Å². The Labute approximate surface area is 438 Å². The van der Waals surface area contributed by atoms with E-state index in [-0.39, 0.29) is 37.5 Å². The molecule has 0 saturated heterocycles. The highest BCUT2D eigenvalue weighted by Crippen LogP contribution is 2.15. The van der Waals surface area contributed by atoms with Gasteiger partial charge in [-0.1, -0.05) is 252 Å². The molecule has 0 aliphatic heterocycles. The molecule has 6 nitrogen and oxygen atoms in total. The molecule has 0 aromatic carbocycles. The summed E-state index contributed by atoms with van der Waals surface area (Å²) in [6.07, 6.45) is 79.4. The smallest absolute Gasteiger partial charge is 0.306 e. The molecule has 1 atom stereocenters. The zero-order valence-electron chi connectivity index (χ0n) is 46.2. The second-order valence-corrected chi connectivity index (χ2v) is 19.2. The van der Waals surface area contributed by atoms with Crippen LogP contribution >= 0.6 is 0 Å². The van der Waals surface area contributed by atoms with Crippen LogP contribution in [-0.4, -0.2) is 37.2 Å². The molecule has 0 aliphatic rings. The summed E-state index contributed by atoms with van der Waals surface area (Å²) in [5.74, 6) is -0.996. The van der Waals surface area contributed by atoms with E-state index in [1.165, 1.54) is 116 Å². The lowest BCUT2D eigenvalue weighted by Gasteiger charge is -2.18. The lowest BCUT2D eigenvalue weighted by molar-refractivity contribution is -0.167. The van der Waals surface area contributed by atoms with Crippen LogP contribution in [0.3, 0.4) is 0 Å². The number of carbonyl (C=O) groups excluding carboxylic acids is 3. The van der Waals surface area contributed by atoms with Crippen LogP contribution in [0.15, 0.2) is 109 Å². The number of ether oxygens (including phenoxy) is 3. The van der Waals surface area contributed by atoms with Gasteiger partial charge in [0.15, 0.2) is 6.10 Å². The van der Waals surface area contributed by atoms with E-state index in [2.05, 4.69) is 130 Å². The molecule has 0 saturated carbocycles. The Bertz CT molecular complexity index is 1460. The molecule has 0 bridgehead atoms. The number of carbonyl (C=O) groups is 3. The maximum Gasteiger partial charge on any atom is 0.306 e. The maximum atomic E-state index is 12.8. The van der Waals surface area contributed by atoms with Crippen LogP contribution < -0.4 is 0 Å². The van der Waals surface area contributed by atoms with Gasteiger partial charge in [0.2, 0.25) is 0 Å². The third-order valence-corrected chi connectivity index (χ3v) is 12.3. The summed E-state index contributed by atoms with van der Waals surface area (Å²) in [6, 6.07) is 0. The van der Waals surface area contributed by atoms with Gasteiger partial charge in [0.05, 0.1) is 0 Å². The first-order valence-corrected chi connectivity index (χ1v) is 29.4. The van der Waals surface area contributed by atoms with E-state index in [4.69, 9.17) is 14.2 Å². The first-order chi connectivity index (χ1) is 35.0. The number of hydrogen-bond acceptors (Lipinski definition) is 6. The van der Waals surface area contributed by atoms with E-state index in [0.29, 0.717) is 19.3 Å². The van der Waals surface area contributed by atoms with Gasteiger partial charge in [-0.2, -0.15) is 0 Å². The minimum absolute atomic E-state index is 0.110. The summed E-state index contributed by atoms with van der Waals surface area (Å²) in [4.78, 5) is 38.2. The molecule has 0 aliphatic carbocycles. The van der Waals surface area contributed by atoms with E-state index in [0.717, 1.165) is 103 Å². The molecule has 0 radical (unpaired) electrons. The molecule has 0 fully saturated rings. The molecule has 0 heterocycles. The van der Waals surface area contributed by atoms with Gasteiger partial charge in [0, 0.05) is 19.3 Å². The Hall–Kier alpha value is -3.93. The zero-order valence-corrected chi connectivity index (χ0v) is 46.2. The predicted molar refractivity (Wildman–Crippen MR) is 307 cm³/mol. The number of rotatable bonds is 52. The zero-order chi connectivity index (χ0) is 51.4. The lowest BCUT2D eigenvalue weighted by atomic mass is 10.0. The van der Waals surface area contributed by atoms with Gasteiger partial charge >= 0.3 is 17.9 Å². The number of hydrogen-bond donors (Lipinski definition) is 0. The van der Waals surface area contributed by atoms with E-state index >= 15 is 0 Å². The SMILES string of the molecule is CC/C=C\C/C=C\C/C=C\C/C=C\C/C=C\CCCCCC(=O)OCC(COC(=O)CCCCCCCCCCCCCCCCCCC)OC(=O)CCC/C=C\C/C=C\C/C=C\C/C=C\CCCCC. The Morgan fingerprint density at radius 3 is 0.930 bits per heavy atom. The molecule has 1 unspecified atom stereocenters. The molecular weight excluding hydrogens is 877 g/mol. The van der Waals surface area contributed by atoms with Gasteiger partial charge in [-0.25, -0.2) is 0 Å². The highest BCUT2D eigenvalue weighted by Gasteiger charge is 2.19. The quantitative estimate of drug-likeness (QED) is 0.0261. The second kappa shape index (κ2) is 58.6. The Kier molecular flexibility index (Phi) is 55.4. The average molecular weight is 986 g/mol. The number of esters is 3. The van der Waals surface area contributed by atoms with Crippen molar-refractivity contribution >= 4 is 17.9 Å².